The van der Waals surface area contributed by atoms with Crippen molar-refractivity contribution >= 4 is 5.95 Å². The van der Waals surface area contributed by atoms with Gasteiger partial charge in [0, 0.05) is 31.5 Å². The van der Waals surface area contributed by atoms with E-state index in [0.29, 0.717) is 24.4 Å². The van der Waals surface area contributed by atoms with Crippen LogP contribution in [0, 0.1) is 12.8 Å². The Bertz CT molecular complexity index is 392. The molecule has 106 valence electrons. The molecule has 1 aliphatic heterocycles. The van der Waals surface area contributed by atoms with Gasteiger partial charge in [-0.05, 0) is 32.1 Å². The van der Waals surface area contributed by atoms with E-state index in [1.807, 2.05) is 13.1 Å². The quantitative estimate of drug-likeness (QED) is 0.856. The maximum Gasteiger partial charge on any atom is 0.225 e. The molecule has 0 atom stereocenters. The molecule has 0 aliphatic carbocycles. The molecule has 0 bridgehead atoms. The summed E-state index contributed by atoms with van der Waals surface area (Å²) in [7, 11) is 0. The van der Waals surface area contributed by atoms with E-state index in [2.05, 4.69) is 22.2 Å². The summed E-state index contributed by atoms with van der Waals surface area (Å²) in [5.74, 6) is 1.92. The molecule has 0 spiro atoms. The second-order valence-electron chi connectivity index (χ2n) is 4.98. The molecular formula is C14H23N3O2. The SMILES string of the molecule is CCCNc1ncc(C)c(OCC2CCOCC2)n1. The van der Waals surface area contributed by atoms with Gasteiger partial charge in [0.2, 0.25) is 11.8 Å². The lowest BCUT2D eigenvalue weighted by molar-refractivity contribution is 0.0489. The van der Waals surface area contributed by atoms with Gasteiger partial charge in [0.05, 0.1) is 6.61 Å². The van der Waals surface area contributed by atoms with Gasteiger partial charge in [-0.25, -0.2) is 4.98 Å². The third-order valence-electron chi connectivity index (χ3n) is 3.26. The van der Waals surface area contributed by atoms with Gasteiger partial charge in [-0.2, -0.15) is 4.98 Å². The standard InChI is InChI=1S/C14H23N3O2/c1-3-6-15-14-16-9-11(2)13(17-14)19-10-12-4-7-18-8-5-12/h9,12H,3-8,10H2,1-2H3,(H,15,16,17). The molecule has 0 aromatic carbocycles. The Morgan fingerprint density at radius 1 is 1.42 bits per heavy atom. The van der Waals surface area contributed by atoms with E-state index in [1.54, 1.807) is 0 Å². The lowest BCUT2D eigenvalue weighted by Gasteiger charge is -2.22. The van der Waals surface area contributed by atoms with Gasteiger partial charge < -0.3 is 14.8 Å². The molecule has 19 heavy (non-hydrogen) atoms. The molecule has 1 aliphatic rings. The molecule has 0 amide bonds. The highest BCUT2D eigenvalue weighted by Gasteiger charge is 2.15. The number of hydrogen-bond donors (Lipinski definition) is 1. The molecule has 1 fully saturated rings. The van der Waals surface area contributed by atoms with Crippen molar-refractivity contribution in [3.05, 3.63) is 11.8 Å². The van der Waals surface area contributed by atoms with E-state index >= 15 is 0 Å². The van der Waals surface area contributed by atoms with E-state index in [1.165, 1.54) is 0 Å². The normalized spacial score (nSPS) is 16.3. The van der Waals surface area contributed by atoms with Gasteiger partial charge in [0.1, 0.15) is 0 Å². The molecule has 1 saturated heterocycles. The summed E-state index contributed by atoms with van der Waals surface area (Å²) in [4.78, 5) is 8.67. The maximum atomic E-state index is 5.85. The lowest BCUT2D eigenvalue weighted by atomic mass is 10.0. The molecule has 0 saturated carbocycles. The zero-order valence-electron chi connectivity index (χ0n) is 11.8. The third-order valence-corrected chi connectivity index (χ3v) is 3.26. The monoisotopic (exact) mass is 265 g/mol. The van der Waals surface area contributed by atoms with Gasteiger partial charge in [0.25, 0.3) is 0 Å². The van der Waals surface area contributed by atoms with Gasteiger partial charge in [0.15, 0.2) is 0 Å². The van der Waals surface area contributed by atoms with Gasteiger partial charge in [-0.15, -0.1) is 0 Å². The lowest BCUT2D eigenvalue weighted by Crippen LogP contribution is -2.22. The summed E-state index contributed by atoms with van der Waals surface area (Å²) in [6.45, 7) is 7.38. The summed E-state index contributed by atoms with van der Waals surface area (Å²) < 4.78 is 11.2. The van der Waals surface area contributed by atoms with Crippen molar-refractivity contribution in [3.8, 4) is 5.88 Å². The molecule has 0 radical (unpaired) electrons. The van der Waals surface area contributed by atoms with Crippen molar-refractivity contribution in [1.29, 1.82) is 0 Å². The van der Waals surface area contributed by atoms with Gasteiger partial charge in [-0.1, -0.05) is 6.92 Å². The smallest absolute Gasteiger partial charge is 0.225 e. The van der Waals surface area contributed by atoms with Crippen LogP contribution in [0.15, 0.2) is 6.20 Å². The third kappa shape index (κ3) is 4.35. The first-order valence-corrected chi connectivity index (χ1v) is 7.07. The van der Waals surface area contributed by atoms with Crippen LogP contribution in [0.2, 0.25) is 0 Å². The molecule has 5 heteroatoms. The van der Waals surface area contributed by atoms with Crippen molar-refractivity contribution in [3.63, 3.8) is 0 Å². The average molecular weight is 265 g/mol. The van der Waals surface area contributed by atoms with Crippen molar-refractivity contribution in [1.82, 2.24) is 9.97 Å². The highest BCUT2D eigenvalue weighted by atomic mass is 16.5. The van der Waals surface area contributed by atoms with E-state index in [0.717, 1.165) is 44.6 Å². The molecule has 0 unspecified atom stereocenters. The number of ether oxygens (including phenoxy) is 2. The van der Waals surface area contributed by atoms with Crippen molar-refractivity contribution in [2.75, 3.05) is 31.7 Å². The Labute approximate surface area is 114 Å². The average Bonchev–Trinajstić information content (AvgIpc) is 2.46. The molecular weight excluding hydrogens is 242 g/mol. The molecule has 2 rings (SSSR count). The highest BCUT2D eigenvalue weighted by Crippen LogP contribution is 2.19. The van der Waals surface area contributed by atoms with Gasteiger partial charge in [-0.3, -0.25) is 0 Å². The minimum absolute atomic E-state index is 0.579. The van der Waals surface area contributed by atoms with E-state index < -0.39 is 0 Å². The number of aryl methyl sites for hydroxylation is 1. The van der Waals surface area contributed by atoms with Crippen LogP contribution in [0.1, 0.15) is 31.7 Å². The fraction of sp³-hybridized carbons (Fsp3) is 0.714. The van der Waals surface area contributed by atoms with Crippen molar-refractivity contribution in [2.45, 2.75) is 33.1 Å². The van der Waals surface area contributed by atoms with Crippen LogP contribution >= 0.6 is 0 Å². The number of anilines is 1. The summed E-state index contributed by atoms with van der Waals surface area (Å²) in [6, 6.07) is 0. The fourth-order valence-corrected chi connectivity index (χ4v) is 2.00. The van der Waals surface area contributed by atoms with Crippen molar-refractivity contribution in [2.24, 2.45) is 5.92 Å². The minimum atomic E-state index is 0.579. The van der Waals surface area contributed by atoms with Crippen LogP contribution in [-0.2, 0) is 4.74 Å². The van der Waals surface area contributed by atoms with Crippen LogP contribution in [0.3, 0.4) is 0 Å². The Morgan fingerprint density at radius 2 is 2.21 bits per heavy atom. The first kappa shape index (κ1) is 14.1. The zero-order valence-corrected chi connectivity index (χ0v) is 11.8. The van der Waals surface area contributed by atoms with Crippen molar-refractivity contribution < 1.29 is 9.47 Å². The number of nitrogens with zero attached hydrogens (tertiary/aromatic N) is 2. The van der Waals surface area contributed by atoms with Crippen LogP contribution in [0.25, 0.3) is 0 Å². The number of hydrogen-bond acceptors (Lipinski definition) is 5. The van der Waals surface area contributed by atoms with Crippen LogP contribution in [-0.4, -0.2) is 36.3 Å². The Kier molecular flexibility index (Phi) is 5.39. The van der Waals surface area contributed by atoms with Crippen LogP contribution in [0.5, 0.6) is 5.88 Å². The molecule has 2 heterocycles. The molecule has 1 N–H and O–H groups in total. The predicted octanol–water partition coefficient (Wildman–Crippen LogP) is 2.41. The van der Waals surface area contributed by atoms with Crippen LogP contribution in [0.4, 0.5) is 5.95 Å². The highest BCUT2D eigenvalue weighted by molar-refractivity contribution is 5.32. The zero-order chi connectivity index (χ0) is 13.5. The van der Waals surface area contributed by atoms with Crippen LogP contribution < -0.4 is 10.1 Å². The number of nitrogens with one attached hydrogen (secondary N) is 1. The second kappa shape index (κ2) is 7.28. The predicted molar refractivity (Wildman–Crippen MR) is 74.6 cm³/mol. The topological polar surface area (TPSA) is 56.3 Å². The summed E-state index contributed by atoms with van der Waals surface area (Å²) in [6.07, 6.45) is 5.01. The Hall–Kier alpha value is -1.36. The largest absolute Gasteiger partial charge is 0.477 e. The second-order valence-corrected chi connectivity index (χ2v) is 4.98. The molecule has 1 aromatic rings. The minimum Gasteiger partial charge on any atom is -0.477 e. The van der Waals surface area contributed by atoms with E-state index in [-0.39, 0.29) is 0 Å². The summed E-state index contributed by atoms with van der Waals surface area (Å²) >= 11 is 0. The first-order valence-electron chi connectivity index (χ1n) is 7.07. The van der Waals surface area contributed by atoms with E-state index in [4.69, 9.17) is 9.47 Å². The molecule has 1 aromatic heterocycles. The van der Waals surface area contributed by atoms with E-state index in [9.17, 15) is 0 Å². The Morgan fingerprint density at radius 3 is 2.95 bits per heavy atom. The molecule has 5 nitrogen and oxygen atoms in total. The summed E-state index contributed by atoms with van der Waals surface area (Å²) in [5.41, 5.74) is 0.981. The number of rotatable bonds is 6. The fourth-order valence-electron chi connectivity index (χ4n) is 2.00. The maximum absolute atomic E-state index is 5.85. The summed E-state index contributed by atoms with van der Waals surface area (Å²) in [5, 5.41) is 3.18. The first-order chi connectivity index (χ1) is 9.29. The van der Waals surface area contributed by atoms with Gasteiger partial charge >= 0.3 is 0 Å². The number of aromatic nitrogens is 2. The Balaban J connectivity index is 1.90.